The number of nitrogens with two attached hydrogens (primary N) is 1. The molecule has 4 aromatic rings. The molecule has 5 rings (SSSR count). The van der Waals surface area contributed by atoms with Crippen molar-refractivity contribution in [3.63, 3.8) is 0 Å². The van der Waals surface area contributed by atoms with E-state index < -0.39 is 0 Å². The molecular formula is C27H34FN6O2P. The number of fused-ring (bicyclic) bond motifs is 2. The molecule has 1 unspecified atom stereocenters. The number of benzene rings is 1. The van der Waals surface area contributed by atoms with E-state index in [4.69, 9.17) is 15.5 Å². The molecule has 1 aliphatic heterocycles. The summed E-state index contributed by atoms with van der Waals surface area (Å²) in [5, 5.41) is 3.76. The lowest BCUT2D eigenvalue weighted by atomic mass is 9.93. The van der Waals surface area contributed by atoms with Gasteiger partial charge in [-0.3, -0.25) is 4.79 Å². The van der Waals surface area contributed by atoms with Crippen LogP contribution in [0.5, 0.6) is 5.75 Å². The molecule has 0 saturated carbocycles. The highest BCUT2D eigenvalue weighted by atomic mass is 31.1. The number of nitrogens with zero attached hydrogens (tertiary/aromatic N) is 4. The van der Waals surface area contributed by atoms with E-state index in [2.05, 4.69) is 28.7 Å². The molecule has 196 valence electrons. The lowest BCUT2D eigenvalue weighted by Gasteiger charge is -2.23. The number of rotatable bonds is 9. The van der Waals surface area contributed by atoms with Crippen LogP contribution in [0.25, 0.3) is 33.6 Å². The number of aryl methyl sites for hydroxylation is 1. The molecule has 1 fully saturated rings. The van der Waals surface area contributed by atoms with Gasteiger partial charge in [0.05, 0.1) is 24.5 Å². The zero-order valence-electron chi connectivity index (χ0n) is 22.0. The van der Waals surface area contributed by atoms with E-state index in [1.807, 2.05) is 24.6 Å². The van der Waals surface area contributed by atoms with Gasteiger partial charge in [-0.1, -0.05) is 28.7 Å². The molecule has 2 atom stereocenters. The molecule has 0 spiro atoms. The molecule has 0 bridgehead atoms. The standard InChI is InChI=1S/C27H34FN6O2P/c1-15(2)23(29)16(3)12-31-27(35)18-9-20-24(22(11-18)36-5)33(4)26(32-20)21-10-17-8-19(28)13-30-25(17)34(21)14-37-6-7-37/h8-11,13,15-16,23H,6-7,12,14,29H2,1-5H3,(H,31,35)/t16-,23?/m1/s1. The van der Waals surface area contributed by atoms with Gasteiger partial charge in [0.25, 0.3) is 5.91 Å². The molecule has 4 heterocycles. The Balaban J connectivity index is 1.53. The van der Waals surface area contributed by atoms with Gasteiger partial charge >= 0.3 is 0 Å². The monoisotopic (exact) mass is 524 g/mol. The Labute approximate surface area is 217 Å². The Morgan fingerprint density at radius 2 is 2.00 bits per heavy atom. The molecule has 0 aliphatic carbocycles. The first-order valence-corrected chi connectivity index (χ1v) is 14.5. The lowest BCUT2D eigenvalue weighted by Crippen LogP contribution is -2.40. The predicted molar refractivity (Wildman–Crippen MR) is 147 cm³/mol. The van der Waals surface area contributed by atoms with Crippen LogP contribution in [-0.4, -0.2) is 57.0 Å². The van der Waals surface area contributed by atoms with E-state index in [0.717, 1.165) is 34.4 Å². The Morgan fingerprint density at radius 1 is 1.24 bits per heavy atom. The van der Waals surface area contributed by atoms with Crippen molar-refractivity contribution in [2.75, 3.05) is 26.0 Å². The van der Waals surface area contributed by atoms with E-state index in [9.17, 15) is 9.18 Å². The van der Waals surface area contributed by atoms with Crippen LogP contribution < -0.4 is 15.8 Å². The third-order valence-corrected chi connectivity index (χ3v) is 9.00. The third-order valence-electron chi connectivity index (χ3n) is 7.24. The number of hydrogen-bond acceptors (Lipinski definition) is 5. The van der Waals surface area contributed by atoms with Gasteiger partial charge in [0.1, 0.15) is 22.7 Å². The van der Waals surface area contributed by atoms with Gasteiger partial charge in [0.2, 0.25) is 0 Å². The number of methoxy groups -OCH3 is 1. The molecule has 10 heteroatoms. The Morgan fingerprint density at radius 3 is 2.68 bits per heavy atom. The van der Waals surface area contributed by atoms with Crippen LogP contribution in [-0.2, 0) is 13.3 Å². The van der Waals surface area contributed by atoms with Gasteiger partial charge in [0.15, 0.2) is 5.82 Å². The summed E-state index contributed by atoms with van der Waals surface area (Å²) in [6.45, 7) is 6.69. The lowest BCUT2D eigenvalue weighted by molar-refractivity contribution is 0.0944. The first kappa shape index (κ1) is 25.6. The zero-order chi connectivity index (χ0) is 26.4. The second-order valence-corrected chi connectivity index (χ2v) is 12.9. The van der Waals surface area contributed by atoms with Crippen molar-refractivity contribution in [3.05, 3.63) is 41.8 Å². The predicted octanol–water partition coefficient (Wildman–Crippen LogP) is 4.54. The number of carbonyl (C=O) groups excluding carboxylic acids is 1. The number of hydrogen-bond donors (Lipinski definition) is 2. The van der Waals surface area contributed by atoms with E-state index in [1.54, 1.807) is 19.2 Å². The maximum absolute atomic E-state index is 14.0. The summed E-state index contributed by atoms with van der Waals surface area (Å²) in [7, 11) is 3.46. The molecule has 3 aromatic heterocycles. The fourth-order valence-corrected chi connectivity index (χ4v) is 6.37. The Kier molecular flexibility index (Phi) is 6.94. The van der Waals surface area contributed by atoms with E-state index >= 15 is 0 Å². The fourth-order valence-electron chi connectivity index (χ4n) is 4.83. The van der Waals surface area contributed by atoms with Gasteiger partial charge in [0, 0.05) is 36.9 Å². The average molecular weight is 525 g/mol. The highest BCUT2D eigenvalue weighted by Crippen LogP contribution is 2.53. The summed E-state index contributed by atoms with van der Waals surface area (Å²) in [4.78, 5) is 22.4. The number of halogens is 1. The Bertz CT molecular complexity index is 1480. The van der Waals surface area contributed by atoms with Crippen molar-refractivity contribution in [1.29, 1.82) is 0 Å². The number of aromatic nitrogens is 4. The van der Waals surface area contributed by atoms with Crippen molar-refractivity contribution < 1.29 is 13.9 Å². The van der Waals surface area contributed by atoms with Crippen LogP contribution in [0.2, 0.25) is 0 Å². The minimum absolute atomic E-state index is 0.00227. The quantitative estimate of drug-likeness (QED) is 0.313. The van der Waals surface area contributed by atoms with Gasteiger partial charge in [-0.05, 0) is 48.4 Å². The van der Waals surface area contributed by atoms with Crippen molar-refractivity contribution in [3.8, 4) is 17.3 Å². The first-order chi connectivity index (χ1) is 17.7. The second-order valence-electron chi connectivity index (χ2n) is 10.3. The van der Waals surface area contributed by atoms with Gasteiger partial charge < -0.3 is 24.9 Å². The average Bonchev–Trinajstić information content (AvgIpc) is 3.55. The van der Waals surface area contributed by atoms with E-state index in [0.29, 0.717) is 29.3 Å². The number of carbonyl (C=O) groups is 1. The van der Waals surface area contributed by atoms with Crippen LogP contribution in [0.1, 0.15) is 31.1 Å². The number of nitrogens with one attached hydrogen (secondary N) is 1. The second kappa shape index (κ2) is 10.0. The van der Waals surface area contributed by atoms with Gasteiger partial charge in [-0.2, -0.15) is 0 Å². The van der Waals surface area contributed by atoms with E-state index in [1.165, 1.54) is 24.6 Å². The summed E-state index contributed by atoms with van der Waals surface area (Å²) in [5.74, 6) is 1.20. The SMILES string of the molecule is COc1cc(C(=O)NC[C@@H](C)C(N)C(C)C)cc2nc(-c3cc4cc(F)cnc4n3CP3CC3)n(C)c12. The molecule has 3 N–H and O–H groups in total. The van der Waals surface area contributed by atoms with Crippen molar-refractivity contribution >= 4 is 35.9 Å². The number of ether oxygens (including phenoxy) is 1. The normalized spacial score (nSPS) is 15.5. The van der Waals surface area contributed by atoms with Crippen LogP contribution in [0.15, 0.2) is 30.5 Å². The smallest absolute Gasteiger partial charge is 0.251 e. The summed E-state index contributed by atoms with van der Waals surface area (Å²) in [6.07, 6.45) is 4.62. The van der Waals surface area contributed by atoms with Crippen molar-refractivity contribution in [2.24, 2.45) is 24.6 Å². The van der Waals surface area contributed by atoms with Crippen LogP contribution in [0.4, 0.5) is 4.39 Å². The molecule has 1 aliphatic rings. The minimum atomic E-state index is -0.362. The molecule has 37 heavy (non-hydrogen) atoms. The fraction of sp³-hybridized carbons (Fsp3) is 0.444. The number of imidazole rings is 1. The Hall–Kier alpha value is -3.03. The highest BCUT2D eigenvalue weighted by molar-refractivity contribution is 7.64. The minimum Gasteiger partial charge on any atom is -0.494 e. The van der Waals surface area contributed by atoms with Gasteiger partial charge in [-0.25, -0.2) is 14.4 Å². The van der Waals surface area contributed by atoms with Crippen molar-refractivity contribution in [1.82, 2.24) is 24.4 Å². The van der Waals surface area contributed by atoms with E-state index in [-0.39, 0.29) is 31.6 Å². The molecule has 1 aromatic carbocycles. The summed E-state index contributed by atoms with van der Waals surface area (Å²) >= 11 is 0. The molecule has 1 amide bonds. The number of amides is 1. The maximum Gasteiger partial charge on any atom is 0.251 e. The zero-order valence-corrected chi connectivity index (χ0v) is 22.8. The van der Waals surface area contributed by atoms with Crippen LogP contribution in [0, 0.1) is 17.7 Å². The molecular weight excluding hydrogens is 490 g/mol. The summed E-state index contributed by atoms with van der Waals surface area (Å²) in [5.41, 5.74) is 9.82. The van der Waals surface area contributed by atoms with Crippen molar-refractivity contribution in [2.45, 2.75) is 33.1 Å². The summed E-state index contributed by atoms with van der Waals surface area (Å²) in [6, 6.07) is 7.00. The molecule has 8 nitrogen and oxygen atoms in total. The van der Waals surface area contributed by atoms with Crippen LogP contribution in [0.3, 0.4) is 0 Å². The maximum atomic E-state index is 14.0. The first-order valence-electron chi connectivity index (χ1n) is 12.6. The van der Waals surface area contributed by atoms with Gasteiger partial charge in [-0.15, -0.1) is 0 Å². The topological polar surface area (TPSA) is 100.0 Å². The molecule has 1 saturated heterocycles. The number of pyridine rings is 1. The molecule has 0 radical (unpaired) electrons. The highest BCUT2D eigenvalue weighted by Gasteiger charge is 2.26. The largest absolute Gasteiger partial charge is 0.494 e. The van der Waals surface area contributed by atoms with Crippen LogP contribution >= 0.6 is 7.92 Å². The third kappa shape index (κ3) is 4.94. The summed E-state index contributed by atoms with van der Waals surface area (Å²) < 4.78 is 23.8.